The summed E-state index contributed by atoms with van der Waals surface area (Å²) in [4.78, 5) is 39.0. The lowest BCUT2D eigenvalue weighted by Gasteiger charge is -2.27. The molecule has 0 aliphatic carbocycles. The Balaban J connectivity index is 1.71. The highest BCUT2D eigenvalue weighted by atomic mass is 32.2. The fourth-order valence-corrected chi connectivity index (χ4v) is 5.44. The molecule has 31 heavy (non-hydrogen) atoms. The first-order valence-electron chi connectivity index (χ1n) is 10.1. The van der Waals surface area contributed by atoms with E-state index < -0.39 is 33.9 Å². The molecule has 0 spiro atoms. The van der Waals surface area contributed by atoms with Crippen LogP contribution in [0.5, 0.6) is 0 Å². The van der Waals surface area contributed by atoms with Crippen LogP contribution >= 0.6 is 0 Å². The van der Waals surface area contributed by atoms with Crippen LogP contribution in [0.4, 0.5) is 5.69 Å². The number of anilines is 1. The van der Waals surface area contributed by atoms with Crippen molar-refractivity contribution < 1.29 is 27.5 Å². The van der Waals surface area contributed by atoms with Gasteiger partial charge in [-0.05, 0) is 44.4 Å². The minimum absolute atomic E-state index is 0.0441. The molecule has 2 heterocycles. The number of hydrogen-bond donors (Lipinski definition) is 0. The number of carbonyl (C=O) groups is 3. The van der Waals surface area contributed by atoms with Gasteiger partial charge in [-0.2, -0.15) is 10.1 Å². The highest BCUT2D eigenvalue weighted by molar-refractivity contribution is 7.91. The first-order chi connectivity index (χ1) is 14.5. The summed E-state index contributed by atoms with van der Waals surface area (Å²) in [5.74, 6) is -1.51. The SMILES string of the molecule is Cc1ccc(C)c(N2N=C(C(=O)O[C@@H](C)C(=O)N(C)[C@H]3CCS(=O)(=O)C3)CCC2=O)c1. The van der Waals surface area contributed by atoms with Gasteiger partial charge >= 0.3 is 5.97 Å². The Hall–Kier alpha value is -2.75. The van der Waals surface area contributed by atoms with Crippen LogP contribution in [0.25, 0.3) is 0 Å². The average Bonchev–Trinajstić information content (AvgIpc) is 3.08. The third-order valence-electron chi connectivity index (χ3n) is 5.60. The van der Waals surface area contributed by atoms with Gasteiger partial charge in [0.15, 0.2) is 15.9 Å². The Morgan fingerprint density at radius 3 is 2.61 bits per heavy atom. The van der Waals surface area contributed by atoms with Gasteiger partial charge in [0.05, 0.1) is 17.2 Å². The molecule has 2 aliphatic heterocycles. The molecular formula is C21H27N3O6S. The molecular weight excluding hydrogens is 422 g/mol. The van der Waals surface area contributed by atoms with E-state index in [4.69, 9.17) is 4.74 Å². The summed E-state index contributed by atoms with van der Waals surface area (Å²) in [5, 5.41) is 5.42. The number of esters is 1. The third-order valence-corrected chi connectivity index (χ3v) is 7.35. The van der Waals surface area contributed by atoms with Gasteiger partial charge in [0.2, 0.25) is 5.91 Å². The number of hydrogen-bond acceptors (Lipinski definition) is 7. The molecule has 0 bridgehead atoms. The van der Waals surface area contributed by atoms with Gasteiger partial charge in [-0.3, -0.25) is 9.59 Å². The summed E-state index contributed by atoms with van der Waals surface area (Å²) in [7, 11) is -1.63. The van der Waals surface area contributed by atoms with Gasteiger partial charge in [0.25, 0.3) is 5.91 Å². The fourth-order valence-electron chi connectivity index (χ4n) is 3.66. The normalized spacial score (nSPS) is 21.4. The summed E-state index contributed by atoms with van der Waals surface area (Å²) in [6.45, 7) is 5.19. The van der Waals surface area contributed by atoms with E-state index in [-0.39, 0.29) is 36.0 Å². The van der Waals surface area contributed by atoms with Gasteiger partial charge in [-0.15, -0.1) is 0 Å². The fraction of sp³-hybridized carbons (Fsp3) is 0.524. The predicted octanol–water partition coefficient (Wildman–Crippen LogP) is 1.36. The molecule has 2 amide bonds. The molecule has 2 aliphatic rings. The molecule has 1 fully saturated rings. The molecule has 1 saturated heterocycles. The number of rotatable bonds is 5. The number of benzene rings is 1. The highest BCUT2D eigenvalue weighted by Crippen LogP contribution is 2.26. The van der Waals surface area contributed by atoms with Crippen LogP contribution in [-0.2, 0) is 29.0 Å². The van der Waals surface area contributed by atoms with Crippen molar-refractivity contribution in [2.24, 2.45) is 5.10 Å². The molecule has 0 unspecified atom stereocenters. The molecule has 0 N–H and O–H groups in total. The smallest absolute Gasteiger partial charge is 0.355 e. The van der Waals surface area contributed by atoms with Crippen LogP contribution in [-0.4, -0.2) is 67.5 Å². The topological polar surface area (TPSA) is 113 Å². The Morgan fingerprint density at radius 2 is 1.97 bits per heavy atom. The van der Waals surface area contributed by atoms with Gasteiger partial charge < -0.3 is 9.64 Å². The second kappa shape index (κ2) is 8.78. The van der Waals surface area contributed by atoms with Crippen molar-refractivity contribution in [1.82, 2.24) is 4.90 Å². The van der Waals surface area contributed by atoms with Crippen LogP contribution in [0.1, 0.15) is 37.3 Å². The number of aryl methyl sites for hydroxylation is 2. The summed E-state index contributed by atoms with van der Waals surface area (Å²) < 4.78 is 28.6. The lowest BCUT2D eigenvalue weighted by molar-refractivity contribution is -0.154. The summed E-state index contributed by atoms with van der Waals surface area (Å²) in [6.07, 6.45) is -0.513. The maximum absolute atomic E-state index is 12.6. The number of ether oxygens (including phenoxy) is 1. The Morgan fingerprint density at radius 1 is 1.26 bits per heavy atom. The molecule has 168 valence electrons. The van der Waals surface area contributed by atoms with Crippen molar-refractivity contribution in [3.63, 3.8) is 0 Å². The Bertz CT molecular complexity index is 1050. The second-order valence-corrected chi connectivity index (χ2v) is 10.3. The predicted molar refractivity (Wildman–Crippen MR) is 115 cm³/mol. The van der Waals surface area contributed by atoms with Crippen LogP contribution in [0.2, 0.25) is 0 Å². The summed E-state index contributed by atoms with van der Waals surface area (Å²) in [6, 6.07) is 5.19. The molecule has 10 heteroatoms. The van der Waals surface area contributed by atoms with E-state index in [9.17, 15) is 22.8 Å². The van der Waals surface area contributed by atoms with E-state index in [1.165, 1.54) is 23.9 Å². The zero-order valence-electron chi connectivity index (χ0n) is 18.1. The Kier molecular flexibility index (Phi) is 6.49. The van der Waals surface area contributed by atoms with Crippen LogP contribution in [0.3, 0.4) is 0 Å². The van der Waals surface area contributed by atoms with E-state index in [2.05, 4.69) is 5.10 Å². The summed E-state index contributed by atoms with van der Waals surface area (Å²) in [5.41, 5.74) is 2.45. The number of hydrazone groups is 1. The van der Waals surface area contributed by atoms with Crippen molar-refractivity contribution in [3.05, 3.63) is 29.3 Å². The number of likely N-dealkylation sites (N-methyl/N-ethyl adjacent to an activating group) is 1. The van der Waals surface area contributed by atoms with E-state index in [1.807, 2.05) is 32.0 Å². The maximum atomic E-state index is 12.6. The van der Waals surface area contributed by atoms with Gasteiger partial charge in [-0.1, -0.05) is 12.1 Å². The van der Waals surface area contributed by atoms with Crippen molar-refractivity contribution >= 4 is 39.0 Å². The molecule has 0 saturated carbocycles. The van der Waals surface area contributed by atoms with Crippen LogP contribution in [0, 0.1) is 13.8 Å². The largest absolute Gasteiger partial charge is 0.448 e. The molecule has 9 nitrogen and oxygen atoms in total. The highest BCUT2D eigenvalue weighted by Gasteiger charge is 2.36. The van der Waals surface area contributed by atoms with E-state index in [0.29, 0.717) is 12.1 Å². The van der Waals surface area contributed by atoms with E-state index in [1.54, 1.807) is 0 Å². The molecule has 0 radical (unpaired) electrons. The number of carbonyl (C=O) groups excluding carboxylic acids is 3. The van der Waals surface area contributed by atoms with Gasteiger partial charge in [0.1, 0.15) is 5.71 Å². The van der Waals surface area contributed by atoms with Crippen molar-refractivity contribution in [1.29, 1.82) is 0 Å². The standard InChI is InChI=1S/C21H27N3O6S/c1-13-5-6-14(2)18(11-13)24-19(25)8-7-17(22-24)21(27)30-15(3)20(26)23(4)16-9-10-31(28,29)12-16/h5-6,11,15-16H,7-10,12H2,1-4H3/t15-,16-/m0/s1. The minimum atomic E-state index is -3.14. The monoisotopic (exact) mass is 449 g/mol. The third kappa shape index (κ3) is 5.12. The number of nitrogens with zero attached hydrogens (tertiary/aromatic N) is 3. The zero-order chi connectivity index (χ0) is 22.9. The minimum Gasteiger partial charge on any atom is -0.448 e. The second-order valence-electron chi connectivity index (χ2n) is 8.10. The first-order valence-corrected chi connectivity index (χ1v) is 12.0. The first kappa shape index (κ1) is 22.9. The van der Waals surface area contributed by atoms with Crippen molar-refractivity contribution in [3.8, 4) is 0 Å². The molecule has 2 atom stereocenters. The quantitative estimate of drug-likeness (QED) is 0.627. The van der Waals surface area contributed by atoms with E-state index in [0.717, 1.165) is 11.1 Å². The van der Waals surface area contributed by atoms with Crippen LogP contribution in [0.15, 0.2) is 23.3 Å². The van der Waals surface area contributed by atoms with Crippen molar-refractivity contribution in [2.75, 3.05) is 23.6 Å². The maximum Gasteiger partial charge on any atom is 0.355 e. The number of amides is 2. The lowest BCUT2D eigenvalue weighted by Crippen LogP contribution is -2.45. The van der Waals surface area contributed by atoms with E-state index >= 15 is 0 Å². The van der Waals surface area contributed by atoms with Crippen molar-refractivity contribution in [2.45, 2.75) is 52.2 Å². The Labute approximate surface area is 182 Å². The van der Waals surface area contributed by atoms with Crippen LogP contribution < -0.4 is 5.01 Å². The number of sulfone groups is 1. The lowest BCUT2D eigenvalue weighted by atomic mass is 10.1. The zero-order valence-corrected chi connectivity index (χ0v) is 18.9. The molecule has 1 aromatic rings. The van der Waals surface area contributed by atoms with Gasteiger partial charge in [0, 0.05) is 25.9 Å². The van der Waals surface area contributed by atoms with Gasteiger partial charge in [-0.25, -0.2) is 13.2 Å². The molecule has 0 aromatic heterocycles. The average molecular weight is 450 g/mol. The molecule has 3 rings (SSSR count). The molecule has 1 aromatic carbocycles. The summed E-state index contributed by atoms with van der Waals surface area (Å²) >= 11 is 0.